The highest BCUT2D eigenvalue weighted by Crippen LogP contribution is 2.63. The van der Waals surface area contributed by atoms with Gasteiger partial charge < -0.3 is 51.2 Å². The molecule has 0 saturated carbocycles. The fraction of sp³-hybridized carbons (Fsp3) is 0.622. The number of guanidine groups is 1. The third-order valence-corrected chi connectivity index (χ3v) is 11.8. The van der Waals surface area contributed by atoms with Crippen molar-refractivity contribution >= 4 is 35.6 Å². The topological polar surface area (TPSA) is 228 Å². The number of likely N-dealkylation sites (N-methyl/N-ethyl adjacent to an activating group) is 1. The molecular formula is C37H51N7O9. The number of nitrogens with one attached hydrogen (secondary N) is 2. The number of Topliss-reactive ketones (excluding diaryl/α,β-unsaturated/α-hetero) is 1. The van der Waals surface area contributed by atoms with Gasteiger partial charge in [0.1, 0.15) is 5.76 Å². The van der Waals surface area contributed by atoms with E-state index in [1.807, 2.05) is 12.1 Å². The van der Waals surface area contributed by atoms with Gasteiger partial charge in [0.05, 0.1) is 25.6 Å². The first-order chi connectivity index (χ1) is 25.3. The molecule has 0 radical (unpaired) electrons. The van der Waals surface area contributed by atoms with Gasteiger partial charge in [-0.15, -0.1) is 0 Å². The highest BCUT2D eigenvalue weighted by molar-refractivity contribution is 5.89. The zero-order chi connectivity index (χ0) is 38.0. The largest absolute Gasteiger partial charge is 0.493 e. The van der Waals surface area contributed by atoms with E-state index in [1.165, 1.54) is 17.4 Å². The molecule has 16 heteroatoms. The molecule has 3 amide bonds. The number of likely N-dealkylation sites (tertiary alicyclic amines) is 2. The van der Waals surface area contributed by atoms with Crippen LogP contribution in [-0.2, 0) is 35.8 Å². The minimum Gasteiger partial charge on any atom is -0.493 e. The second kappa shape index (κ2) is 15.6. The number of allylic oxidation sites excluding steroid dienone is 1. The Hall–Kier alpha value is -4.86. The van der Waals surface area contributed by atoms with Crippen molar-refractivity contribution in [2.75, 3.05) is 46.9 Å². The second-order valence-corrected chi connectivity index (χ2v) is 15.0. The molecule has 3 heterocycles. The average molecular weight is 738 g/mol. The number of ketones is 1. The number of carbonyl (C=O) groups excluding carboxylic acids is 4. The molecule has 53 heavy (non-hydrogen) atoms. The Balaban J connectivity index is 1.18. The number of carboxylic acid groups (broad SMARTS) is 1. The SMILES string of the molecule is COc1ccc2c3c1O[C@H]1C(OC(=O)N4CC(C(=O)O)CCC4CNC(=O)[C@H](CCCN=C(N)N)CC(=O)CNC(C)=O)=CC[C@H]4[C@@H](C2)N(C)CC[C@]314. The van der Waals surface area contributed by atoms with Crippen molar-refractivity contribution in [1.29, 1.82) is 0 Å². The maximum atomic E-state index is 14.2. The fourth-order valence-electron chi connectivity index (χ4n) is 9.19. The predicted octanol–water partition coefficient (Wildman–Crippen LogP) is 1.04. The van der Waals surface area contributed by atoms with Gasteiger partial charge in [-0.2, -0.15) is 0 Å². The van der Waals surface area contributed by atoms with E-state index in [-0.39, 0.29) is 56.2 Å². The van der Waals surface area contributed by atoms with Gasteiger partial charge in [-0.05, 0) is 82.2 Å². The Bertz CT molecular complexity index is 1690. The molecule has 16 nitrogen and oxygen atoms in total. The number of nitrogens with two attached hydrogens (primary N) is 2. The van der Waals surface area contributed by atoms with Gasteiger partial charge in [0.2, 0.25) is 11.8 Å². The van der Waals surface area contributed by atoms with Crippen LogP contribution in [0.2, 0.25) is 0 Å². The number of methoxy groups -OCH3 is 1. The van der Waals surface area contributed by atoms with Gasteiger partial charge >= 0.3 is 12.1 Å². The number of amides is 3. The average Bonchev–Trinajstić information content (AvgIpc) is 3.48. The second-order valence-electron chi connectivity index (χ2n) is 15.0. The first-order valence-corrected chi connectivity index (χ1v) is 18.4. The summed E-state index contributed by atoms with van der Waals surface area (Å²) in [5, 5.41) is 15.3. The summed E-state index contributed by atoms with van der Waals surface area (Å²) in [7, 11) is 3.77. The van der Waals surface area contributed by atoms with Gasteiger partial charge in [0.15, 0.2) is 29.3 Å². The molecule has 1 spiro atoms. The van der Waals surface area contributed by atoms with Crippen molar-refractivity contribution in [3.63, 3.8) is 0 Å². The molecular weight excluding hydrogens is 686 g/mol. The molecule has 6 rings (SSSR count). The first kappa shape index (κ1) is 37.9. The van der Waals surface area contributed by atoms with Crippen LogP contribution in [0, 0.1) is 17.8 Å². The van der Waals surface area contributed by atoms with Crippen LogP contribution in [0.1, 0.15) is 63.0 Å². The minimum atomic E-state index is -1.02. The van der Waals surface area contributed by atoms with Crippen LogP contribution in [0.3, 0.4) is 0 Å². The summed E-state index contributed by atoms with van der Waals surface area (Å²) in [4.78, 5) is 71.5. The van der Waals surface area contributed by atoms with Crippen molar-refractivity contribution in [3.05, 3.63) is 35.1 Å². The Morgan fingerprint density at radius 3 is 2.68 bits per heavy atom. The van der Waals surface area contributed by atoms with E-state index < -0.39 is 47.4 Å². The van der Waals surface area contributed by atoms with Crippen LogP contribution < -0.4 is 31.6 Å². The quantitative estimate of drug-likeness (QED) is 0.103. The zero-order valence-electron chi connectivity index (χ0n) is 30.6. The van der Waals surface area contributed by atoms with Crippen LogP contribution in [-0.4, -0.2) is 116 Å². The summed E-state index contributed by atoms with van der Waals surface area (Å²) in [5.74, 6) is -1.74. The molecule has 2 aliphatic carbocycles. The smallest absolute Gasteiger partial charge is 0.415 e. The lowest BCUT2D eigenvalue weighted by Crippen LogP contribution is -2.63. The third-order valence-electron chi connectivity index (χ3n) is 11.8. The molecule has 2 unspecified atom stereocenters. The molecule has 0 aromatic heterocycles. The van der Waals surface area contributed by atoms with Gasteiger partial charge in [-0.3, -0.25) is 24.2 Å². The number of aliphatic carboxylic acids is 1. The molecule has 5 aliphatic rings. The van der Waals surface area contributed by atoms with Crippen molar-refractivity contribution in [2.24, 2.45) is 34.2 Å². The lowest BCUT2D eigenvalue weighted by molar-refractivity contribution is -0.144. The summed E-state index contributed by atoms with van der Waals surface area (Å²) in [6.45, 7) is 2.16. The number of hydrogen-bond acceptors (Lipinski definition) is 10. The molecule has 2 fully saturated rings. The number of aliphatic imine (C=N–C) groups is 1. The van der Waals surface area contributed by atoms with E-state index in [1.54, 1.807) is 7.11 Å². The molecule has 1 aromatic rings. The van der Waals surface area contributed by atoms with E-state index in [0.717, 1.165) is 24.9 Å². The molecule has 3 aliphatic heterocycles. The molecule has 288 valence electrons. The maximum absolute atomic E-state index is 14.2. The van der Waals surface area contributed by atoms with E-state index in [0.29, 0.717) is 55.4 Å². The van der Waals surface area contributed by atoms with Crippen LogP contribution in [0.15, 0.2) is 29.0 Å². The standard InChI is InChI=1S/C37H51N7O9/c1-20(45)41-18-25(46)15-22(5-4-13-40-35(38)39)33(47)42-17-24-8-6-23(34(48)49)19-44(24)36(50)52-29-11-9-26-27-16-21-7-10-28(51-3)31-30(21)37(26,32(29)53-31)12-14-43(27)2/h7,10-11,22-24,26-27,32H,4-6,8-9,12-19H2,1-3H3,(H,41,45)(H,42,47)(H,48,49)(H4,38,39,40)/t22-,23?,24?,26+,27-,32+,37+/m1/s1. The summed E-state index contributed by atoms with van der Waals surface area (Å²) in [6, 6.07) is 3.78. The first-order valence-electron chi connectivity index (χ1n) is 18.4. The number of benzene rings is 1. The summed E-state index contributed by atoms with van der Waals surface area (Å²) in [5.41, 5.74) is 12.8. The Kier molecular flexibility index (Phi) is 11.2. The van der Waals surface area contributed by atoms with Crippen LogP contribution in [0.25, 0.3) is 0 Å². The number of piperidine rings is 2. The van der Waals surface area contributed by atoms with Crippen LogP contribution in [0.4, 0.5) is 4.79 Å². The number of carboxylic acids is 1. The number of hydrogen-bond donors (Lipinski definition) is 5. The highest BCUT2D eigenvalue weighted by atomic mass is 16.6. The molecule has 7 atom stereocenters. The predicted molar refractivity (Wildman–Crippen MR) is 192 cm³/mol. The number of ether oxygens (including phenoxy) is 3. The molecule has 7 N–H and O–H groups in total. The van der Waals surface area contributed by atoms with Gasteiger partial charge in [-0.25, -0.2) is 4.79 Å². The van der Waals surface area contributed by atoms with Crippen molar-refractivity contribution in [1.82, 2.24) is 20.4 Å². The van der Waals surface area contributed by atoms with E-state index in [4.69, 9.17) is 25.7 Å². The van der Waals surface area contributed by atoms with Crippen molar-refractivity contribution in [2.45, 2.75) is 81.9 Å². The minimum absolute atomic E-state index is 0.0234. The third kappa shape index (κ3) is 7.50. The lowest BCUT2D eigenvalue weighted by atomic mass is 9.53. The highest BCUT2D eigenvalue weighted by Gasteiger charge is 2.65. The van der Waals surface area contributed by atoms with Crippen LogP contribution >= 0.6 is 0 Å². The maximum Gasteiger partial charge on any atom is 0.415 e. The molecule has 2 bridgehead atoms. The van der Waals surface area contributed by atoms with E-state index in [9.17, 15) is 29.1 Å². The Morgan fingerprint density at radius 1 is 1.17 bits per heavy atom. The zero-order valence-corrected chi connectivity index (χ0v) is 30.6. The summed E-state index contributed by atoms with van der Waals surface area (Å²) in [6.07, 6.45) is 4.33. The van der Waals surface area contributed by atoms with Gasteiger partial charge in [0.25, 0.3) is 0 Å². The lowest BCUT2D eigenvalue weighted by Gasteiger charge is -2.56. The fourth-order valence-corrected chi connectivity index (χ4v) is 9.19. The normalized spacial score (nSPS) is 27.3. The Morgan fingerprint density at radius 2 is 1.96 bits per heavy atom. The summed E-state index contributed by atoms with van der Waals surface area (Å²) >= 11 is 0. The van der Waals surface area contributed by atoms with Gasteiger partial charge in [-0.1, -0.05) is 6.07 Å². The monoisotopic (exact) mass is 737 g/mol. The number of carbonyl (C=O) groups is 5. The van der Waals surface area contributed by atoms with Crippen molar-refractivity contribution < 1.29 is 43.3 Å². The number of nitrogens with zero attached hydrogens (tertiary/aromatic N) is 3. The number of rotatable bonds is 14. The molecule has 1 aromatic carbocycles. The van der Waals surface area contributed by atoms with Crippen LogP contribution in [0.5, 0.6) is 11.5 Å². The van der Waals surface area contributed by atoms with E-state index >= 15 is 0 Å². The summed E-state index contributed by atoms with van der Waals surface area (Å²) < 4.78 is 18.7. The van der Waals surface area contributed by atoms with Crippen molar-refractivity contribution in [3.8, 4) is 11.5 Å². The molecule has 2 saturated heterocycles. The Labute approximate surface area is 308 Å². The van der Waals surface area contributed by atoms with Gasteiger partial charge in [0, 0.05) is 55.9 Å². The van der Waals surface area contributed by atoms with E-state index in [2.05, 4.69) is 33.6 Å².